The second-order valence-corrected chi connectivity index (χ2v) is 12.1. The van der Waals surface area contributed by atoms with Crippen molar-refractivity contribution in [1.29, 1.82) is 0 Å². The average Bonchev–Trinajstić information content (AvgIpc) is 3.53. The summed E-state index contributed by atoms with van der Waals surface area (Å²) >= 11 is 4.92. The lowest BCUT2D eigenvalue weighted by Gasteiger charge is -2.16. The molecular weight excluding hydrogens is 521 g/mol. The SMILES string of the molecule is O=S(=O)(O)CCCCOCCc1cc(-c2scc3c2OCCO3)sc1-c1scc2c1OCCO2. The van der Waals surface area contributed by atoms with Gasteiger partial charge in [0.25, 0.3) is 10.1 Å². The van der Waals surface area contributed by atoms with Gasteiger partial charge in [-0.25, -0.2) is 0 Å². The molecule has 5 rings (SSSR count). The maximum atomic E-state index is 10.8. The van der Waals surface area contributed by atoms with Crippen LogP contribution in [-0.4, -0.2) is 58.4 Å². The first kappa shape index (κ1) is 23.9. The van der Waals surface area contributed by atoms with Gasteiger partial charge in [0, 0.05) is 22.2 Å². The molecule has 0 unspecified atom stereocenters. The van der Waals surface area contributed by atoms with Crippen LogP contribution in [0.3, 0.4) is 0 Å². The van der Waals surface area contributed by atoms with Crippen molar-refractivity contribution in [2.45, 2.75) is 19.3 Å². The first-order valence-corrected chi connectivity index (χ1v) is 15.1. The average molecular weight is 545 g/mol. The molecule has 1 N–H and O–H groups in total. The van der Waals surface area contributed by atoms with E-state index in [0.717, 1.165) is 48.1 Å². The Balaban J connectivity index is 1.34. The third-order valence-corrected chi connectivity index (χ3v) is 9.50. The molecule has 0 atom stereocenters. The highest BCUT2D eigenvalue weighted by molar-refractivity contribution is 7.85. The van der Waals surface area contributed by atoms with Gasteiger partial charge < -0.3 is 23.7 Å². The first-order valence-electron chi connectivity index (χ1n) is 10.9. The minimum atomic E-state index is -3.92. The minimum Gasteiger partial charge on any atom is -0.485 e. The monoisotopic (exact) mass is 544 g/mol. The summed E-state index contributed by atoms with van der Waals surface area (Å²) < 4.78 is 59.6. The molecule has 5 heterocycles. The summed E-state index contributed by atoms with van der Waals surface area (Å²) in [6, 6.07) is 2.18. The number of thiophene rings is 3. The molecule has 3 aromatic rings. The zero-order valence-electron chi connectivity index (χ0n) is 18.2. The molecule has 0 spiro atoms. The summed E-state index contributed by atoms with van der Waals surface area (Å²) in [4.78, 5) is 4.34. The summed E-state index contributed by atoms with van der Waals surface area (Å²) in [5, 5.41) is 3.98. The molecular formula is C22H24O8S4. The molecule has 0 amide bonds. The second-order valence-electron chi connectivity index (χ2n) is 7.73. The van der Waals surface area contributed by atoms with Crippen molar-refractivity contribution in [3.05, 3.63) is 22.4 Å². The Morgan fingerprint density at radius 3 is 2.21 bits per heavy atom. The van der Waals surface area contributed by atoms with Crippen LogP contribution >= 0.6 is 34.0 Å². The first-order chi connectivity index (χ1) is 16.5. The van der Waals surface area contributed by atoms with Crippen LogP contribution in [0.15, 0.2) is 16.8 Å². The third-order valence-electron chi connectivity index (χ3n) is 5.30. The molecule has 2 aliphatic heterocycles. The van der Waals surface area contributed by atoms with Crippen LogP contribution < -0.4 is 18.9 Å². The van der Waals surface area contributed by atoms with Gasteiger partial charge in [-0.3, -0.25) is 4.55 Å². The maximum Gasteiger partial charge on any atom is 0.264 e. The zero-order valence-corrected chi connectivity index (χ0v) is 21.5. The van der Waals surface area contributed by atoms with Gasteiger partial charge in [0.05, 0.1) is 27.0 Å². The van der Waals surface area contributed by atoms with Gasteiger partial charge in [-0.05, 0) is 30.9 Å². The van der Waals surface area contributed by atoms with E-state index in [1.807, 2.05) is 10.8 Å². The maximum absolute atomic E-state index is 10.8. The molecule has 3 aromatic heterocycles. The molecule has 0 saturated carbocycles. The molecule has 2 aliphatic rings. The van der Waals surface area contributed by atoms with E-state index in [0.29, 0.717) is 58.9 Å². The Hall–Kier alpha value is -1.83. The molecule has 184 valence electrons. The van der Waals surface area contributed by atoms with E-state index in [9.17, 15) is 8.42 Å². The summed E-state index contributed by atoms with van der Waals surface area (Å²) in [6.45, 7) is 3.12. The fraction of sp³-hybridized carbons (Fsp3) is 0.455. The summed E-state index contributed by atoms with van der Waals surface area (Å²) in [5.74, 6) is 2.94. The Bertz CT molecular complexity index is 1240. The van der Waals surface area contributed by atoms with Crippen LogP contribution in [0.25, 0.3) is 19.5 Å². The molecule has 12 heteroatoms. The van der Waals surface area contributed by atoms with Crippen molar-refractivity contribution < 1.29 is 36.7 Å². The quantitative estimate of drug-likeness (QED) is 0.282. The Morgan fingerprint density at radius 1 is 0.853 bits per heavy atom. The lowest BCUT2D eigenvalue weighted by molar-refractivity contribution is 0.134. The molecule has 0 aliphatic carbocycles. The third kappa shape index (κ3) is 5.37. The van der Waals surface area contributed by atoms with Crippen molar-refractivity contribution in [3.63, 3.8) is 0 Å². The van der Waals surface area contributed by atoms with E-state index in [1.165, 1.54) is 0 Å². The second kappa shape index (κ2) is 10.4. The van der Waals surface area contributed by atoms with Crippen molar-refractivity contribution in [1.82, 2.24) is 0 Å². The van der Waals surface area contributed by atoms with Crippen LogP contribution in [-0.2, 0) is 21.3 Å². The topological polar surface area (TPSA) is 101 Å². The largest absolute Gasteiger partial charge is 0.485 e. The molecule has 0 saturated heterocycles. The Labute approximate surface area is 209 Å². The van der Waals surface area contributed by atoms with Crippen LogP contribution in [0.2, 0.25) is 0 Å². The van der Waals surface area contributed by atoms with E-state index in [-0.39, 0.29) is 5.75 Å². The summed E-state index contributed by atoms with van der Waals surface area (Å²) in [6.07, 6.45) is 1.64. The van der Waals surface area contributed by atoms with Crippen molar-refractivity contribution >= 4 is 44.1 Å². The Morgan fingerprint density at radius 2 is 1.50 bits per heavy atom. The minimum absolute atomic E-state index is 0.239. The van der Waals surface area contributed by atoms with Crippen molar-refractivity contribution in [2.75, 3.05) is 45.4 Å². The highest BCUT2D eigenvalue weighted by Crippen LogP contribution is 2.53. The predicted octanol–water partition coefficient (Wildman–Crippen LogP) is 4.97. The van der Waals surface area contributed by atoms with Crippen LogP contribution in [0.1, 0.15) is 18.4 Å². The van der Waals surface area contributed by atoms with E-state index in [2.05, 4.69) is 6.07 Å². The molecule has 0 bridgehead atoms. The number of fused-ring (bicyclic) bond motifs is 2. The van der Waals surface area contributed by atoms with Crippen LogP contribution in [0, 0.1) is 0 Å². The van der Waals surface area contributed by atoms with E-state index in [1.54, 1.807) is 34.0 Å². The summed E-state index contributed by atoms with van der Waals surface area (Å²) in [7, 11) is -3.92. The summed E-state index contributed by atoms with van der Waals surface area (Å²) in [5.41, 5.74) is 1.15. The van der Waals surface area contributed by atoms with Gasteiger partial charge in [-0.15, -0.1) is 34.0 Å². The zero-order chi connectivity index (χ0) is 23.5. The number of hydrogen-bond acceptors (Lipinski definition) is 10. The van der Waals surface area contributed by atoms with Gasteiger partial charge in [-0.2, -0.15) is 8.42 Å². The van der Waals surface area contributed by atoms with E-state index in [4.69, 9.17) is 28.2 Å². The smallest absolute Gasteiger partial charge is 0.264 e. The Kier molecular flexibility index (Phi) is 7.32. The predicted molar refractivity (Wildman–Crippen MR) is 133 cm³/mol. The van der Waals surface area contributed by atoms with E-state index < -0.39 is 10.1 Å². The van der Waals surface area contributed by atoms with Gasteiger partial charge >= 0.3 is 0 Å². The number of rotatable bonds is 10. The normalized spacial score (nSPS) is 15.0. The van der Waals surface area contributed by atoms with Crippen LogP contribution in [0.5, 0.6) is 23.0 Å². The van der Waals surface area contributed by atoms with Gasteiger partial charge in [0.2, 0.25) is 0 Å². The molecule has 34 heavy (non-hydrogen) atoms. The number of hydrogen-bond donors (Lipinski definition) is 1. The molecule has 0 fully saturated rings. The molecule has 8 nitrogen and oxygen atoms in total. The highest BCUT2D eigenvalue weighted by atomic mass is 32.2. The van der Waals surface area contributed by atoms with Crippen molar-refractivity contribution in [2.24, 2.45) is 0 Å². The molecule has 0 radical (unpaired) electrons. The number of unbranched alkanes of at least 4 members (excludes halogenated alkanes) is 1. The van der Waals surface area contributed by atoms with Gasteiger partial charge in [0.1, 0.15) is 26.4 Å². The van der Waals surface area contributed by atoms with Crippen LogP contribution in [0.4, 0.5) is 0 Å². The standard InChI is InChI=1S/C22H24O8S4/c23-34(24,25)10-2-1-4-26-5-3-14-11-17(21-18-15(12-31-21)27-6-8-29-18)33-20(14)22-19-16(13-32-22)28-7-9-30-19/h11-13H,1-10H2,(H,23,24,25). The lowest BCUT2D eigenvalue weighted by Crippen LogP contribution is -2.14. The van der Waals surface area contributed by atoms with Gasteiger partial charge in [-0.1, -0.05) is 0 Å². The fourth-order valence-corrected chi connectivity index (χ4v) is 7.68. The fourth-order valence-electron chi connectivity index (χ4n) is 3.74. The van der Waals surface area contributed by atoms with Crippen molar-refractivity contribution in [3.8, 4) is 42.5 Å². The lowest BCUT2D eigenvalue weighted by atomic mass is 10.1. The molecule has 0 aromatic carbocycles. The van der Waals surface area contributed by atoms with E-state index >= 15 is 0 Å². The number of ether oxygens (including phenoxy) is 5. The van der Waals surface area contributed by atoms with Gasteiger partial charge in [0.15, 0.2) is 23.0 Å². The highest BCUT2D eigenvalue weighted by Gasteiger charge is 2.26.